The molecule has 1 amide bonds. The van der Waals surface area contributed by atoms with Gasteiger partial charge in [0.1, 0.15) is 11.5 Å². The number of phenols is 1. The van der Waals surface area contributed by atoms with Crippen molar-refractivity contribution in [2.75, 3.05) is 0 Å². The first-order valence-corrected chi connectivity index (χ1v) is 11.4. The Morgan fingerprint density at radius 1 is 0.833 bits per heavy atom. The first-order valence-electron chi connectivity index (χ1n) is 11.4. The van der Waals surface area contributed by atoms with E-state index in [0.717, 1.165) is 27.1 Å². The van der Waals surface area contributed by atoms with E-state index in [1.165, 1.54) is 6.21 Å². The second-order valence-corrected chi connectivity index (χ2v) is 8.37. The van der Waals surface area contributed by atoms with Gasteiger partial charge in [-0.3, -0.25) is 4.79 Å². The summed E-state index contributed by atoms with van der Waals surface area (Å²) >= 11 is 0. The smallest absolute Gasteiger partial charge is 0.343 e. The summed E-state index contributed by atoms with van der Waals surface area (Å²) in [6, 6.07) is 28.9. The minimum Gasteiger partial charge on any atom is -0.507 e. The number of aryl methyl sites for hydroxylation is 1. The maximum absolute atomic E-state index is 12.8. The molecule has 0 radical (unpaired) electrons. The van der Waals surface area contributed by atoms with E-state index in [2.05, 4.69) is 10.5 Å². The fraction of sp³-hybridized carbons (Fsp3) is 0.0333. The standard InChI is InChI=1S/C30H22N2O4/c1-19-7-6-11-23(15-19)30(35)36-28-14-13-20-8-4-5-12-24(20)26(28)18-31-32-29(34)25-16-21-9-2-3-10-22(21)17-27(25)33/h2-18,33H,1H3,(H,32,34)/b31-18+. The first kappa shape index (κ1) is 22.8. The van der Waals surface area contributed by atoms with Gasteiger partial charge >= 0.3 is 5.97 Å². The molecule has 0 bridgehead atoms. The van der Waals surface area contributed by atoms with E-state index in [9.17, 15) is 14.7 Å². The highest BCUT2D eigenvalue weighted by Crippen LogP contribution is 2.28. The molecular formula is C30H22N2O4. The second kappa shape index (κ2) is 9.72. The lowest BCUT2D eigenvalue weighted by molar-refractivity contribution is 0.0734. The summed E-state index contributed by atoms with van der Waals surface area (Å²) in [4.78, 5) is 25.6. The van der Waals surface area contributed by atoms with Crippen LogP contribution in [0, 0.1) is 6.92 Å². The summed E-state index contributed by atoms with van der Waals surface area (Å²) in [5, 5.41) is 17.8. The normalized spacial score (nSPS) is 11.1. The predicted octanol–water partition coefficient (Wildman–Crippen LogP) is 5.99. The van der Waals surface area contributed by atoms with Gasteiger partial charge in [0.2, 0.25) is 0 Å². The summed E-state index contributed by atoms with van der Waals surface area (Å²) < 4.78 is 5.72. The van der Waals surface area contributed by atoms with Crippen molar-refractivity contribution in [1.82, 2.24) is 5.43 Å². The van der Waals surface area contributed by atoms with Crippen molar-refractivity contribution in [2.45, 2.75) is 6.92 Å². The van der Waals surface area contributed by atoms with Crippen LogP contribution in [0.5, 0.6) is 11.5 Å². The van der Waals surface area contributed by atoms with Gasteiger partial charge in [0, 0.05) is 5.56 Å². The average Bonchev–Trinajstić information content (AvgIpc) is 2.89. The van der Waals surface area contributed by atoms with Crippen molar-refractivity contribution < 1.29 is 19.4 Å². The number of hydrazone groups is 1. The van der Waals surface area contributed by atoms with Crippen LogP contribution in [0.3, 0.4) is 0 Å². The molecule has 0 heterocycles. The van der Waals surface area contributed by atoms with E-state index in [0.29, 0.717) is 16.9 Å². The zero-order valence-electron chi connectivity index (χ0n) is 19.4. The number of phenolic OH excluding ortho intramolecular Hbond substituents is 1. The highest BCUT2D eigenvalue weighted by Gasteiger charge is 2.15. The van der Waals surface area contributed by atoms with Gasteiger partial charge in [-0.1, -0.05) is 72.3 Å². The number of carbonyl (C=O) groups excluding carboxylic acids is 2. The van der Waals surface area contributed by atoms with E-state index in [4.69, 9.17) is 4.74 Å². The minimum atomic E-state index is -0.562. The lowest BCUT2D eigenvalue weighted by Gasteiger charge is -2.11. The van der Waals surface area contributed by atoms with Crippen molar-refractivity contribution in [3.63, 3.8) is 0 Å². The molecule has 0 aliphatic heterocycles. The number of aromatic hydroxyl groups is 1. The molecule has 5 aromatic rings. The molecule has 0 atom stereocenters. The van der Waals surface area contributed by atoms with Crippen LogP contribution in [-0.2, 0) is 0 Å². The summed E-state index contributed by atoms with van der Waals surface area (Å²) in [6.07, 6.45) is 1.44. The van der Waals surface area contributed by atoms with Crippen LogP contribution >= 0.6 is 0 Å². The summed E-state index contributed by atoms with van der Waals surface area (Å²) in [5.41, 5.74) is 4.50. The third kappa shape index (κ3) is 4.65. The van der Waals surface area contributed by atoms with Crippen molar-refractivity contribution >= 4 is 39.6 Å². The number of hydrogen-bond donors (Lipinski definition) is 2. The van der Waals surface area contributed by atoms with Crippen LogP contribution in [0.4, 0.5) is 0 Å². The Hall–Kier alpha value is -4.97. The van der Waals surface area contributed by atoms with Gasteiger partial charge in [-0.05, 0) is 58.8 Å². The highest BCUT2D eigenvalue weighted by atomic mass is 16.5. The van der Waals surface area contributed by atoms with Crippen LogP contribution in [0.15, 0.2) is 102 Å². The number of fused-ring (bicyclic) bond motifs is 2. The van der Waals surface area contributed by atoms with E-state index in [1.807, 2.05) is 67.6 Å². The number of hydrogen-bond acceptors (Lipinski definition) is 5. The lowest BCUT2D eigenvalue weighted by atomic mass is 10.0. The number of esters is 1. The highest BCUT2D eigenvalue weighted by molar-refractivity contribution is 6.05. The van der Waals surface area contributed by atoms with E-state index >= 15 is 0 Å². The molecule has 5 rings (SSSR count). The fourth-order valence-electron chi connectivity index (χ4n) is 4.05. The Morgan fingerprint density at radius 3 is 2.33 bits per heavy atom. The summed E-state index contributed by atoms with van der Waals surface area (Å²) in [6.45, 7) is 1.90. The molecule has 176 valence electrons. The molecule has 0 aliphatic rings. The SMILES string of the molecule is Cc1cccc(C(=O)Oc2ccc3ccccc3c2/C=N/NC(=O)c2cc3ccccc3cc2O)c1. The van der Waals surface area contributed by atoms with Crippen molar-refractivity contribution in [3.05, 3.63) is 119 Å². The molecule has 2 N–H and O–H groups in total. The van der Waals surface area contributed by atoms with E-state index < -0.39 is 11.9 Å². The van der Waals surface area contributed by atoms with Crippen LogP contribution in [0.1, 0.15) is 31.8 Å². The second-order valence-electron chi connectivity index (χ2n) is 8.37. The number of carbonyl (C=O) groups is 2. The monoisotopic (exact) mass is 474 g/mol. The van der Waals surface area contributed by atoms with Gasteiger partial charge in [0.25, 0.3) is 5.91 Å². The molecule has 0 saturated carbocycles. The lowest BCUT2D eigenvalue weighted by Crippen LogP contribution is -2.18. The Morgan fingerprint density at radius 2 is 1.56 bits per heavy atom. The Kier molecular flexibility index (Phi) is 6.16. The Balaban J connectivity index is 1.44. The number of amides is 1. The topological polar surface area (TPSA) is 88.0 Å². The van der Waals surface area contributed by atoms with Crippen LogP contribution in [-0.4, -0.2) is 23.2 Å². The molecule has 0 spiro atoms. The first-order chi connectivity index (χ1) is 17.5. The van der Waals surface area contributed by atoms with Gasteiger partial charge in [0.05, 0.1) is 17.3 Å². The third-order valence-electron chi connectivity index (χ3n) is 5.86. The fourth-order valence-corrected chi connectivity index (χ4v) is 4.05. The Labute approximate surface area is 207 Å². The summed E-state index contributed by atoms with van der Waals surface area (Å²) in [5.74, 6) is -0.882. The maximum Gasteiger partial charge on any atom is 0.343 e. The van der Waals surface area contributed by atoms with Gasteiger partial charge in [-0.2, -0.15) is 5.10 Å². The molecular weight excluding hydrogens is 452 g/mol. The van der Waals surface area contributed by atoms with Crippen LogP contribution in [0.2, 0.25) is 0 Å². The number of benzene rings is 5. The largest absolute Gasteiger partial charge is 0.507 e. The maximum atomic E-state index is 12.8. The molecule has 0 aliphatic carbocycles. The van der Waals surface area contributed by atoms with E-state index in [1.54, 1.807) is 36.4 Å². The predicted molar refractivity (Wildman–Crippen MR) is 141 cm³/mol. The van der Waals surface area contributed by atoms with Crippen molar-refractivity contribution in [2.24, 2.45) is 5.10 Å². The molecule has 6 nitrogen and oxygen atoms in total. The number of ether oxygens (including phenoxy) is 1. The molecule has 0 fully saturated rings. The third-order valence-corrected chi connectivity index (χ3v) is 5.86. The van der Waals surface area contributed by atoms with Crippen LogP contribution < -0.4 is 10.2 Å². The Bertz CT molecular complexity index is 1660. The molecule has 5 aromatic carbocycles. The molecule has 0 unspecified atom stereocenters. The van der Waals surface area contributed by atoms with Crippen molar-refractivity contribution in [1.29, 1.82) is 0 Å². The van der Waals surface area contributed by atoms with Crippen molar-refractivity contribution in [3.8, 4) is 11.5 Å². The van der Waals surface area contributed by atoms with Gasteiger partial charge in [0.15, 0.2) is 0 Å². The zero-order chi connectivity index (χ0) is 25.1. The minimum absolute atomic E-state index is 0.106. The average molecular weight is 475 g/mol. The quantitative estimate of drug-likeness (QED) is 0.142. The van der Waals surface area contributed by atoms with Crippen LogP contribution in [0.25, 0.3) is 21.5 Å². The zero-order valence-corrected chi connectivity index (χ0v) is 19.4. The summed E-state index contributed by atoms with van der Waals surface area (Å²) in [7, 11) is 0. The molecule has 36 heavy (non-hydrogen) atoms. The number of rotatable bonds is 5. The van der Waals surface area contributed by atoms with Gasteiger partial charge in [-0.25, -0.2) is 10.2 Å². The van der Waals surface area contributed by atoms with E-state index in [-0.39, 0.29) is 11.3 Å². The van der Waals surface area contributed by atoms with Gasteiger partial charge in [-0.15, -0.1) is 0 Å². The molecule has 0 saturated heterocycles. The van der Waals surface area contributed by atoms with Gasteiger partial charge < -0.3 is 9.84 Å². The molecule has 6 heteroatoms. The number of nitrogens with one attached hydrogen (secondary N) is 1. The molecule has 0 aromatic heterocycles. The number of nitrogens with zero attached hydrogens (tertiary/aromatic N) is 1.